The van der Waals surface area contributed by atoms with Gasteiger partial charge in [-0.25, -0.2) is 0 Å². The summed E-state index contributed by atoms with van der Waals surface area (Å²) in [5, 5.41) is 3.79. The molecule has 3 nitrogen and oxygen atoms in total. The zero-order valence-corrected chi connectivity index (χ0v) is 17.6. The summed E-state index contributed by atoms with van der Waals surface area (Å²) in [6.07, 6.45) is 0.498. The first-order valence-corrected chi connectivity index (χ1v) is 10.9. The van der Waals surface area contributed by atoms with Gasteiger partial charge in [0.1, 0.15) is 5.75 Å². The highest BCUT2D eigenvalue weighted by atomic mass is 35.5. The van der Waals surface area contributed by atoms with Crippen LogP contribution in [0.4, 0.5) is 0 Å². The lowest BCUT2D eigenvalue weighted by Crippen LogP contribution is -2.43. The number of nitrogens with one attached hydrogen (secondary N) is 1. The van der Waals surface area contributed by atoms with E-state index in [1.807, 2.05) is 0 Å². The second-order valence-corrected chi connectivity index (χ2v) is 8.68. The molecule has 4 heteroatoms. The van der Waals surface area contributed by atoms with Gasteiger partial charge in [-0.2, -0.15) is 0 Å². The molecule has 0 spiro atoms. The molecular weight excluding hydrogens is 394 g/mol. The highest BCUT2D eigenvalue weighted by Gasteiger charge is 2.42. The molecule has 0 aliphatic heterocycles. The summed E-state index contributed by atoms with van der Waals surface area (Å²) in [6, 6.07) is 24.6. The molecule has 0 heterocycles. The van der Waals surface area contributed by atoms with Crippen LogP contribution in [0.25, 0.3) is 0 Å². The third-order valence-corrected chi connectivity index (χ3v) is 6.71. The lowest BCUT2D eigenvalue weighted by Gasteiger charge is -2.45. The van der Waals surface area contributed by atoms with Gasteiger partial charge in [0.2, 0.25) is 0 Å². The van der Waals surface area contributed by atoms with Gasteiger partial charge in [0.15, 0.2) is 6.10 Å². The van der Waals surface area contributed by atoms with Crippen molar-refractivity contribution in [1.82, 2.24) is 5.32 Å². The Bertz CT molecular complexity index is 1030. The first-order chi connectivity index (χ1) is 14.6. The first kappa shape index (κ1) is 19.2. The molecule has 3 aromatic carbocycles. The van der Waals surface area contributed by atoms with Gasteiger partial charge in [-0.1, -0.05) is 60.1 Å². The van der Waals surface area contributed by atoms with Gasteiger partial charge in [-0.3, -0.25) is 4.79 Å². The monoisotopic (exact) mass is 417 g/mol. The first-order valence-electron chi connectivity index (χ1n) is 10.5. The molecule has 1 amide bonds. The number of benzene rings is 3. The zero-order valence-electron chi connectivity index (χ0n) is 16.8. The average molecular weight is 418 g/mol. The Hall–Kier alpha value is -2.78. The van der Waals surface area contributed by atoms with Gasteiger partial charge >= 0.3 is 0 Å². The molecule has 3 aliphatic carbocycles. The molecular formula is C26H24ClNO2. The molecule has 30 heavy (non-hydrogen) atoms. The molecule has 2 atom stereocenters. The van der Waals surface area contributed by atoms with Gasteiger partial charge in [0.05, 0.1) is 0 Å². The SMILES string of the molecule is CC(Oc1ccc(Cl)cc1)C(=O)NCC1CC2c3ccccc3C1c1ccccc12. The number of ether oxygens (including phenoxy) is 1. The van der Waals surface area contributed by atoms with E-state index >= 15 is 0 Å². The van der Waals surface area contributed by atoms with E-state index < -0.39 is 6.10 Å². The Morgan fingerprint density at radius 3 is 2.13 bits per heavy atom. The van der Waals surface area contributed by atoms with Crippen LogP contribution in [0.1, 0.15) is 47.4 Å². The predicted octanol–water partition coefficient (Wildman–Crippen LogP) is 5.52. The van der Waals surface area contributed by atoms with Crippen LogP contribution in [-0.4, -0.2) is 18.6 Å². The average Bonchev–Trinajstić information content (AvgIpc) is 2.79. The summed E-state index contributed by atoms with van der Waals surface area (Å²) < 4.78 is 5.77. The van der Waals surface area contributed by atoms with Crippen LogP contribution in [0, 0.1) is 5.92 Å². The van der Waals surface area contributed by atoms with Crippen LogP contribution in [0.3, 0.4) is 0 Å². The summed E-state index contributed by atoms with van der Waals surface area (Å²) in [7, 11) is 0. The van der Waals surface area contributed by atoms with E-state index in [4.69, 9.17) is 16.3 Å². The van der Waals surface area contributed by atoms with Crippen LogP contribution < -0.4 is 10.1 Å². The van der Waals surface area contributed by atoms with Gasteiger partial charge in [0.25, 0.3) is 5.91 Å². The molecule has 0 radical (unpaired) electrons. The molecule has 2 bridgehead atoms. The van der Waals surface area contributed by atoms with Crippen molar-refractivity contribution in [3.05, 3.63) is 100 Å². The second kappa shape index (κ2) is 7.81. The molecule has 0 saturated heterocycles. The Morgan fingerprint density at radius 2 is 1.53 bits per heavy atom. The minimum absolute atomic E-state index is 0.0898. The maximum atomic E-state index is 12.7. The Labute approximate surface area is 182 Å². The molecule has 0 fully saturated rings. The number of amides is 1. The van der Waals surface area contributed by atoms with Crippen molar-refractivity contribution in [2.45, 2.75) is 31.3 Å². The van der Waals surface area contributed by atoms with Crippen molar-refractivity contribution in [2.75, 3.05) is 6.54 Å². The largest absolute Gasteiger partial charge is 0.481 e. The maximum Gasteiger partial charge on any atom is 0.260 e. The summed E-state index contributed by atoms with van der Waals surface area (Å²) >= 11 is 5.91. The smallest absolute Gasteiger partial charge is 0.260 e. The number of hydrogen-bond donors (Lipinski definition) is 1. The van der Waals surface area contributed by atoms with Gasteiger partial charge < -0.3 is 10.1 Å². The number of hydrogen-bond acceptors (Lipinski definition) is 2. The number of fused-ring (bicyclic) bond motifs is 1. The molecule has 0 aromatic heterocycles. The van der Waals surface area contributed by atoms with Crippen LogP contribution in [-0.2, 0) is 4.79 Å². The fraction of sp³-hybridized carbons (Fsp3) is 0.269. The van der Waals surface area contributed by atoms with Crippen LogP contribution in [0.5, 0.6) is 5.75 Å². The van der Waals surface area contributed by atoms with E-state index in [1.54, 1.807) is 31.2 Å². The number of carbonyl (C=O) groups excluding carboxylic acids is 1. The molecule has 3 aliphatic rings. The lowest BCUT2D eigenvalue weighted by molar-refractivity contribution is -0.127. The molecule has 1 N–H and O–H groups in total. The Kier molecular flexibility index (Phi) is 5.00. The van der Waals surface area contributed by atoms with Crippen molar-refractivity contribution in [3.63, 3.8) is 0 Å². The zero-order chi connectivity index (χ0) is 20.7. The van der Waals surface area contributed by atoms with Crippen molar-refractivity contribution in [1.29, 1.82) is 0 Å². The summed E-state index contributed by atoms with van der Waals surface area (Å²) in [6.45, 7) is 2.43. The molecule has 152 valence electrons. The van der Waals surface area contributed by atoms with Gasteiger partial charge in [-0.15, -0.1) is 0 Å². The topological polar surface area (TPSA) is 38.3 Å². The van der Waals surface area contributed by atoms with E-state index in [0.29, 0.717) is 35.1 Å². The fourth-order valence-electron chi connectivity index (χ4n) is 5.11. The minimum atomic E-state index is -0.563. The van der Waals surface area contributed by atoms with Crippen LogP contribution in [0.2, 0.25) is 5.02 Å². The van der Waals surface area contributed by atoms with E-state index in [2.05, 4.69) is 53.8 Å². The van der Waals surface area contributed by atoms with Crippen molar-refractivity contribution in [2.24, 2.45) is 5.92 Å². The van der Waals surface area contributed by atoms with Gasteiger partial charge in [-0.05, 0) is 65.8 Å². The Morgan fingerprint density at radius 1 is 0.967 bits per heavy atom. The summed E-state index contributed by atoms with van der Waals surface area (Å²) in [4.78, 5) is 12.7. The summed E-state index contributed by atoms with van der Waals surface area (Å²) in [5.41, 5.74) is 5.72. The maximum absolute atomic E-state index is 12.7. The lowest BCUT2D eigenvalue weighted by atomic mass is 9.59. The highest BCUT2D eigenvalue weighted by molar-refractivity contribution is 6.30. The van der Waals surface area contributed by atoms with Crippen molar-refractivity contribution >= 4 is 17.5 Å². The molecule has 0 saturated carbocycles. The quantitative estimate of drug-likeness (QED) is 0.593. The normalized spacial score (nSPS) is 22.0. The predicted molar refractivity (Wildman–Crippen MR) is 119 cm³/mol. The van der Waals surface area contributed by atoms with Gasteiger partial charge in [0, 0.05) is 23.4 Å². The molecule has 3 aromatic rings. The van der Waals surface area contributed by atoms with E-state index in [9.17, 15) is 4.79 Å². The van der Waals surface area contributed by atoms with Crippen molar-refractivity contribution in [3.8, 4) is 5.75 Å². The van der Waals surface area contributed by atoms with Crippen molar-refractivity contribution < 1.29 is 9.53 Å². The second-order valence-electron chi connectivity index (χ2n) is 8.24. The van der Waals surface area contributed by atoms with Crippen LogP contribution >= 0.6 is 11.6 Å². The Balaban J connectivity index is 1.30. The number of rotatable bonds is 5. The third kappa shape index (κ3) is 3.37. The fourth-order valence-corrected chi connectivity index (χ4v) is 5.23. The minimum Gasteiger partial charge on any atom is -0.481 e. The standard InChI is InChI=1S/C26H24ClNO2/c1-16(30-19-12-10-18(27)11-13-19)26(29)28-15-17-14-24-20-6-2-4-8-22(20)25(17)23-9-5-3-7-21(23)24/h2-13,16-17,24-25H,14-15H2,1H3,(H,28,29). The summed E-state index contributed by atoms with van der Waals surface area (Å²) in [5.74, 6) is 1.67. The van der Waals surface area contributed by atoms with E-state index in [0.717, 1.165) is 6.42 Å². The molecule has 2 unspecified atom stereocenters. The number of carbonyl (C=O) groups is 1. The number of halogens is 1. The third-order valence-electron chi connectivity index (χ3n) is 6.46. The van der Waals surface area contributed by atoms with E-state index in [-0.39, 0.29) is 5.91 Å². The highest BCUT2D eigenvalue weighted by Crippen LogP contribution is 2.55. The van der Waals surface area contributed by atoms with E-state index in [1.165, 1.54) is 22.3 Å². The van der Waals surface area contributed by atoms with Crippen LogP contribution in [0.15, 0.2) is 72.8 Å². The molecule has 6 rings (SSSR count).